The highest BCUT2D eigenvalue weighted by atomic mass is 79.9. The highest BCUT2D eigenvalue weighted by Gasteiger charge is 2.13. The first-order valence-electron chi connectivity index (χ1n) is 9.44. The molecule has 0 saturated carbocycles. The first-order valence-corrected chi connectivity index (χ1v) is 10.6. The van der Waals surface area contributed by atoms with Crippen LogP contribution in [0, 0.1) is 10.1 Å². The van der Waals surface area contributed by atoms with Crippen LogP contribution in [-0.2, 0) is 11.2 Å². The van der Waals surface area contributed by atoms with Gasteiger partial charge in [0.1, 0.15) is 11.5 Å². The maximum Gasteiger partial charge on any atom is 0.270 e. The number of nitro benzene ring substituents is 1. The Bertz CT molecular complexity index is 1370. The van der Waals surface area contributed by atoms with Crippen LogP contribution >= 0.6 is 27.5 Å². The van der Waals surface area contributed by atoms with Gasteiger partial charge in [0.05, 0.1) is 22.6 Å². The van der Waals surface area contributed by atoms with Crippen molar-refractivity contribution >= 4 is 56.1 Å². The van der Waals surface area contributed by atoms with Gasteiger partial charge in [-0.3, -0.25) is 14.9 Å². The van der Waals surface area contributed by atoms with Gasteiger partial charge in [-0.15, -0.1) is 0 Å². The summed E-state index contributed by atoms with van der Waals surface area (Å²) in [6, 6.07) is 19.1. The zero-order valence-electron chi connectivity index (χ0n) is 16.4. The molecule has 1 heterocycles. The number of hydrazone groups is 1. The number of carbonyl (C=O) groups excluding carboxylic acids is 1. The molecule has 3 aromatic carbocycles. The van der Waals surface area contributed by atoms with Crippen LogP contribution in [0.25, 0.3) is 22.1 Å². The molecule has 0 radical (unpaired) electrons. The molecule has 0 saturated heterocycles. The fraction of sp³-hybridized carbons (Fsp3) is 0.0435. The third kappa shape index (κ3) is 4.71. The van der Waals surface area contributed by atoms with E-state index in [2.05, 4.69) is 26.5 Å². The van der Waals surface area contributed by atoms with E-state index in [-0.39, 0.29) is 23.0 Å². The summed E-state index contributed by atoms with van der Waals surface area (Å²) in [4.78, 5) is 22.7. The largest absolute Gasteiger partial charge is 0.455 e. The Morgan fingerprint density at radius 1 is 1.12 bits per heavy atom. The fourth-order valence-corrected chi connectivity index (χ4v) is 3.99. The predicted molar refractivity (Wildman–Crippen MR) is 127 cm³/mol. The second kappa shape index (κ2) is 9.33. The molecular weight excluding hydrogens is 498 g/mol. The highest BCUT2D eigenvalue weighted by molar-refractivity contribution is 9.10. The van der Waals surface area contributed by atoms with E-state index >= 15 is 0 Å². The Labute approximate surface area is 196 Å². The molecule has 0 aliphatic heterocycles. The third-order valence-corrected chi connectivity index (χ3v) is 5.75. The van der Waals surface area contributed by atoms with E-state index in [4.69, 9.17) is 16.0 Å². The van der Waals surface area contributed by atoms with E-state index in [1.165, 1.54) is 24.4 Å². The summed E-state index contributed by atoms with van der Waals surface area (Å²) in [5.74, 6) is 0.557. The van der Waals surface area contributed by atoms with Crippen molar-refractivity contribution in [2.45, 2.75) is 6.42 Å². The lowest BCUT2D eigenvalue weighted by Crippen LogP contribution is -2.19. The molecule has 7 nitrogen and oxygen atoms in total. The molecule has 1 N–H and O–H groups in total. The van der Waals surface area contributed by atoms with Gasteiger partial charge in [-0.2, -0.15) is 5.10 Å². The summed E-state index contributed by atoms with van der Waals surface area (Å²) in [5, 5.41) is 17.0. The molecule has 4 rings (SSSR count). The zero-order valence-corrected chi connectivity index (χ0v) is 18.8. The van der Waals surface area contributed by atoms with Crippen molar-refractivity contribution < 1.29 is 14.1 Å². The molecule has 0 spiro atoms. The van der Waals surface area contributed by atoms with E-state index < -0.39 is 4.92 Å². The number of benzene rings is 3. The molecule has 0 atom stereocenters. The molecular formula is C23H15BrClN3O4. The Hall–Kier alpha value is -3.49. The summed E-state index contributed by atoms with van der Waals surface area (Å²) in [6.45, 7) is 0. The monoisotopic (exact) mass is 511 g/mol. The van der Waals surface area contributed by atoms with Crippen molar-refractivity contribution in [2.75, 3.05) is 0 Å². The second-order valence-corrected chi connectivity index (χ2v) is 8.11. The second-order valence-electron chi connectivity index (χ2n) is 6.85. The normalized spacial score (nSPS) is 11.2. The van der Waals surface area contributed by atoms with Crippen LogP contribution in [0.1, 0.15) is 11.3 Å². The van der Waals surface area contributed by atoms with Gasteiger partial charge in [0.25, 0.3) is 5.69 Å². The molecule has 1 aromatic heterocycles. The van der Waals surface area contributed by atoms with Crippen LogP contribution in [0.15, 0.2) is 80.7 Å². The number of fused-ring (bicyclic) bond motifs is 1. The first kappa shape index (κ1) is 21.7. The van der Waals surface area contributed by atoms with Crippen molar-refractivity contribution in [2.24, 2.45) is 5.10 Å². The van der Waals surface area contributed by atoms with Crippen LogP contribution < -0.4 is 5.43 Å². The molecule has 1 amide bonds. The Kier molecular flexibility index (Phi) is 6.34. The van der Waals surface area contributed by atoms with E-state index in [1.807, 2.05) is 36.4 Å². The van der Waals surface area contributed by atoms with E-state index in [1.54, 1.807) is 12.1 Å². The van der Waals surface area contributed by atoms with Gasteiger partial charge in [0, 0.05) is 22.2 Å². The lowest BCUT2D eigenvalue weighted by molar-refractivity contribution is -0.384. The molecule has 0 bridgehead atoms. The first-order chi connectivity index (χ1) is 15.4. The van der Waals surface area contributed by atoms with Gasteiger partial charge in [-0.25, -0.2) is 5.43 Å². The smallest absolute Gasteiger partial charge is 0.270 e. The van der Waals surface area contributed by atoms with E-state index in [0.717, 1.165) is 20.8 Å². The molecule has 32 heavy (non-hydrogen) atoms. The average molecular weight is 513 g/mol. The van der Waals surface area contributed by atoms with Crippen LogP contribution in [-0.4, -0.2) is 17.0 Å². The third-order valence-electron chi connectivity index (χ3n) is 4.75. The standard InChI is InChI=1S/C23H15BrClN3O4/c24-20-9-5-14(17-3-1-2-4-18(17)20)11-23(29)27-26-13-16-7-10-22(32-16)19-8-6-15(28(30)31)12-21(19)25/h1-10,12-13H,11H2,(H,27,29)/b26-13+. The van der Waals surface area contributed by atoms with Crippen molar-refractivity contribution in [3.8, 4) is 11.3 Å². The highest BCUT2D eigenvalue weighted by Crippen LogP contribution is 2.32. The number of hydrogen-bond donors (Lipinski definition) is 1. The Morgan fingerprint density at radius 2 is 1.91 bits per heavy atom. The average Bonchev–Trinajstić information content (AvgIpc) is 3.24. The van der Waals surface area contributed by atoms with Gasteiger partial charge in [-0.1, -0.05) is 57.9 Å². The lowest BCUT2D eigenvalue weighted by atomic mass is 10.0. The van der Waals surface area contributed by atoms with Gasteiger partial charge in [0.2, 0.25) is 5.91 Å². The predicted octanol–water partition coefficient (Wildman–Crippen LogP) is 6.12. The maximum absolute atomic E-state index is 12.3. The summed E-state index contributed by atoms with van der Waals surface area (Å²) in [7, 11) is 0. The molecule has 9 heteroatoms. The van der Waals surface area contributed by atoms with E-state index in [9.17, 15) is 14.9 Å². The minimum absolute atomic E-state index is 0.103. The number of amides is 1. The number of halogens is 2. The number of rotatable bonds is 6. The topological polar surface area (TPSA) is 97.7 Å². The van der Waals surface area contributed by atoms with Crippen molar-refractivity contribution in [3.05, 3.63) is 97.7 Å². The molecule has 0 unspecified atom stereocenters. The SMILES string of the molecule is O=C(Cc1ccc(Br)c2ccccc12)N/N=C/c1ccc(-c2ccc([N+](=O)[O-])cc2Cl)o1. The quantitative estimate of drug-likeness (QED) is 0.191. The van der Waals surface area contributed by atoms with Crippen molar-refractivity contribution in [1.82, 2.24) is 5.43 Å². The van der Waals surface area contributed by atoms with Crippen LogP contribution in [0.2, 0.25) is 5.02 Å². The number of hydrogen-bond acceptors (Lipinski definition) is 5. The maximum atomic E-state index is 12.3. The number of non-ortho nitro benzene ring substituents is 1. The molecule has 160 valence electrons. The van der Waals surface area contributed by atoms with Crippen LogP contribution in [0.5, 0.6) is 0 Å². The lowest BCUT2D eigenvalue weighted by Gasteiger charge is -2.07. The number of furan rings is 1. The summed E-state index contributed by atoms with van der Waals surface area (Å²) in [6.07, 6.45) is 1.55. The summed E-state index contributed by atoms with van der Waals surface area (Å²) < 4.78 is 6.63. The van der Waals surface area contributed by atoms with Crippen molar-refractivity contribution in [3.63, 3.8) is 0 Å². The number of nitrogens with zero attached hydrogens (tertiary/aromatic N) is 2. The minimum Gasteiger partial charge on any atom is -0.455 e. The Balaban J connectivity index is 1.42. The number of nitro groups is 1. The molecule has 0 fully saturated rings. The fourth-order valence-electron chi connectivity index (χ4n) is 3.24. The van der Waals surface area contributed by atoms with Crippen molar-refractivity contribution in [1.29, 1.82) is 0 Å². The number of carbonyl (C=O) groups is 1. The molecule has 4 aromatic rings. The van der Waals surface area contributed by atoms with Gasteiger partial charge < -0.3 is 4.42 Å². The molecule has 0 aliphatic rings. The zero-order chi connectivity index (χ0) is 22.7. The van der Waals surface area contributed by atoms with Gasteiger partial charge in [-0.05, 0) is 40.6 Å². The van der Waals surface area contributed by atoms with Gasteiger partial charge >= 0.3 is 0 Å². The Morgan fingerprint density at radius 3 is 2.66 bits per heavy atom. The van der Waals surface area contributed by atoms with Crippen LogP contribution in [0.3, 0.4) is 0 Å². The summed E-state index contributed by atoms with van der Waals surface area (Å²) >= 11 is 9.66. The number of nitrogens with one attached hydrogen (secondary N) is 1. The van der Waals surface area contributed by atoms with E-state index in [0.29, 0.717) is 17.1 Å². The van der Waals surface area contributed by atoms with Crippen LogP contribution in [0.4, 0.5) is 5.69 Å². The summed E-state index contributed by atoms with van der Waals surface area (Å²) in [5.41, 5.74) is 3.80. The van der Waals surface area contributed by atoms with Gasteiger partial charge in [0.15, 0.2) is 0 Å². The molecule has 0 aliphatic carbocycles. The minimum atomic E-state index is -0.518.